The van der Waals surface area contributed by atoms with E-state index in [4.69, 9.17) is 10.9 Å². The van der Waals surface area contributed by atoms with Crippen molar-refractivity contribution in [3.8, 4) is 0 Å². The van der Waals surface area contributed by atoms with E-state index in [0.717, 1.165) is 0 Å². The van der Waals surface area contributed by atoms with Gasteiger partial charge in [-0.1, -0.05) is 5.16 Å². The Bertz CT molecular complexity index is 295. The van der Waals surface area contributed by atoms with Gasteiger partial charge >= 0.3 is 0 Å². The van der Waals surface area contributed by atoms with E-state index in [1.807, 2.05) is 0 Å². The molecule has 1 aromatic heterocycles. The lowest BCUT2D eigenvalue weighted by atomic mass is 10.4. The molecule has 0 atom stereocenters. The molecule has 1 rings (SSSR count). The van der Waals surface area contributed by atoms with Crippen molar-refractivity contribution in [2.75, 3.05) is 6.67 Å². The molecule has 5 heteroatoms. The Morgan fingerprint density at radius 3 is 3.08 bits per heavy atom. The zero-order valence-electron chi connectivity index (χ0n) is 7.15. The number of hydrogen-bond acceptors (Lipinski definition) is 2. The average molecular weight is 185 g/mol. The summed E-state index contributed by atoms with van der Waals surface area (Å²) >= 11 is 0. The van der Waals surface area contributed by atoms with Crippen LogP contribution in [0.2, 0.25) is 0 Å². The molecule has 0 spiro atoms. The zero-order valence-corrected chi connectivity index (χ0v) is 7.15. The molecule has 0 bridgehead atoms. The van der Waals surface area contributed by atoms with E-state index >= 15 is 0 Å². The molecular formula is C8H12FN3O. The summed E-state index contributed by atoms with van der Waals surface area (Å²) in [5.74, 6) is 0.0452. The quantitative estimate of drug-likeness (QED) is 0.317. The molecule has 1 aromatic rings. The van der Waals surface area contributed by atoms with E-state index in [0.29, 0.717) is 18.7 Å². The van der Waals surface area contributed by atoms with Crippen LogP contribution in [0.5, 0.6) is 0 Å². The van der Waals surface area contributed by atoms with Crippen molar-refractivity contribution in [1.82, 2.24) is 4.57 Å². The molecule has 0 aliphatic carbocycles. The van der Waals surface area contributed by atoms with Gasteiger partial charge < -0.3 is 15.5 Å². The van der Waals surface area contributed by atoms with Gasteiger partial charge in [0.15, 0.2) is 5.84 Å². The summed E-state index contributed by atoms with van der Waals surface area (Å²) in [7, 11) is 0. The van der Waals surface area contributed by atoms with Crippen LogP contribution in [0.15, 0.2) is 23.5 Å². The monoisotopic (exact) mass is 185 g/mol. The highest BCUT2D eigenvalue weighted by molar-refractivity contribution is 5.95. The number of hydrogen-bond donors (Lipinski definition) is 2. The van der Waals surface area contributed by atoms with Crippen LogP contribution in [0.3, 0.4) is 0 Å². The van der Waals surface area contributed by atoms with Gasteiger partial charge in [0.1, 0.15) is 0 Å². The highest BCUT2D eigenvalue weighted by Gasteiger charge is 2.04. The van der Waals surface area contributed by atoms with Gasteiger partial charge in [0.05, 0.1) is 12.4 Å². The number of aromatic nitrogens is 1. The molecule has 0 amide bonds. The van der Waals surface area contributed by atoms with Crippen LogP contribution in [-0.2, 0) is 6.54 Å². The van der Waals surface area contributed by atoms with Gasteiger partial charge in [0.25, 0.3) is 0 Å². The van der Waals surface area contributed by atoms with Crippen LogP contribution >= 0.6 is 0 Å². The molecule has 4 nitrogen and oxygen atoms in total. The average Bonchev–Trinajstić information content (AvgIpc) is 2.61. The Balaban J connectivity index is 2.77. The molecule has 1 heterocycles. The van der Waals surface area contributed by atoms with Gasteiger partial charge in [0.2, 0.25) is 0 Å². The van der Waals surface area contributed by atoms with Crippen LogP contribution < -0.4 is 5.73 Å². The van der Waals surface area contributed by atoms with Gasteiger partial charge in [-0.25, -0.2) is 0 Å². The number of alkyl halides is 1. The maximum Gasteiger partial charge on any atom is 0.186 e. The normalized spacial score (nSPS) is 11.9. The van der Waals surface area contributed by atoms with Crippen molar-refractivity contribution >= 4 is 5.84 Å². The van der Waals surface area contributed by atoms with Crippen LogP contribution in [0, 0.1) is 0 Å². The lowest BCUT2D eigenvalue weighted by Gasteiger charge is -2.05. The molecule has 0 radical (unpaired) electrons. The zero-order chi connectivity index (χ0) is 9.68. The standard InChI is InChI=1S/C8H12FN3O/c9-4-2-6-12-5-1-3-7(12)8(10)11-13/h1,3,5,13H,2,4,6H2,(H2,10,11). The summed E-state index contributed by atoms with van der Waals surface area (Å²) in [5.41, 5.74) is 6.00. The van der Waals surface area contributed by atoms with Crippen molar-refractivity contribution < 1.29 is 9.60 Å². The summed E-state index contributed by atoms with van der Waals surface area (Å²) in [6.07, 6.45) is 2.20. The number of nitrogens with two attached hydrogens (primary N) is 1. The largest absolute Gasteiger partial charge is 0.409 e. The van der Waals surface area contributed by atoms with Crippen molar-refractivity contribution in [2.24, 2.45) is 10.9 Å². The molecular weight excluding hydrogens is 173 g/mol. The predicted molar refractivity (Wildman–Crippen MR) is 47.5 cm³/mol. The molecule has 13 heavy (non-hydrogen) atoms. The van der Waals surface area contributed by atoms with Crippen molar-refractivity contribution in [2.45, 2.75) is 13.0 Å². The Labute approximate surface area is 75.5 Å². The first-order valence-corrected chi connectivity index (χ1v) is 3.98. The Kier molecular flexibility index (Phi) is 3.31. The highest BCUT2D eigenvalue weighted by Crippen LogP contribution is 2.03. The molecule has 0 fully saturated rings. The number of halogens is 1. The van der Waals surface area contributed by atoms with Gasteiger partial charge in [0, 0.05) is 12.7 Å². The molecule has 0 saturated heterocycles. The lowest BCUT2D eigenvalue weighted by Crippen LogP contribution is -2.18. The fraction of sp³-hybridized carbons (Fsp3) is 0.375. The number of nitrogens with zero attached hydrogens (tertiary/aromatic N) is 2. The van der Waals surface area contributed by atoms with E-state index in [1.54, 1.807) is 22.9 Å². The first-order valence-electron chi connectivity index (χ1n) is 3.98. The second-order valence-electron chi connectivity index (χ2n) is 2.61. The third-order valence-corrected chi connectivity index (χ3v) is 1.73. The molecule has 3 N–H and O–H groups in total. The maximum atomic E-state index is 11.9. The first-order chi connectivity index (χ1) is 6.29. The predicted octanol–water partition coefficient (Wildman–Crippen LogP) is 0.942. The number of oxime groups is 1. The van der Waals surface area contributed by atoms with Crippen molar-refractivity contribution in [3.63, 3.8) is 0 Å². The SMILES string of the molecule is N/C(=N/O)c1cccn1CCCF. The van der Waals surface area contributed by atoms with Crippen LogP contribution in [0.25, 0.3) is 0 Å². The first kappa shape index (κ1) is 9.57. The fourth-order valence-corrected chi connectivity index (χ4v) is 1.12. The lowest BCUT2D eigenvalue weighted by molar-refractivity contribution is 0.318. The third kappa shape index (κ3) is 2.21. The molecule has 72 valence electrons. The summed E-state index contributed by atoms with van der Waals surface area (Å²) in [4.78, 5) is 0. The van der Waals surface area contributed by atoms with E-state index in [-0.39, 0.29) is 12.5 Å². The number of amidine groups is 1. The smallest absolute Gasteiger partial charge is 0.186 e. The van der Waals surface area contributed by atoms with Crippen LogP contribution in [0.4, 0.5) is 4.39 Å². The van der Waals surface area contributed by atoms with Gasteiger partial charge in [-0.2, -0.15) is 0 Å². The third-order valence-electron chi connectivity index (χ3n) is 1.73. The van der Waals surface area contributed by atoms with E-state index in [1.165, 1.54) is 0 Å². The molecule has 0 aliphatic heterocycles. The minimum Gasteiger partial charge on any atom is -0.409 e. The van der Waals surface area contributed by atoms with E-state index < -0.39 is 0 Å². The summed E-state index contributed by atoms with van der Waals surface area (Å²) in [5, 5.41) is 11.3. The topological polar surface area (TPSA) is 63.5 Å². The summed E-state index contributed by atoms with van der Waals surface area (Å²) in [6, 6.07) is 3.49. The van der Waals surface area contributed by atoms with Crippen LogP contribution in [-0.4, -0.2) is 22.3 Å². The Morgan fingerprint density at radius 1 is 1.69 bits per heavy atom. The van der Waals surface area contributed by atoms with Crippen molar-refractivity contribution in [1.29, 1.82) is 0 Å². The Hall–Kier alpha value is -1.52. The maximum absolute atomic E-state index is 11.9. The summed E-state index contributed by atoms with van der Waals surface area (Å²) < 4.78 is 13.6. The van der Waals surface area contributed by atoms with Crippen molar-refractivity contribution in [3.05, 3.63) is 24.0 Å². The van der Waals surface area contributed by atoms with E-state index in [9.17, 15) is 4.39 Å². The second kappa shape index (κ2) is 4.49. The van der Waals surface area contributed by atoms with Crippen LogP contribution in [0.1, 0.15) is 12.1 Å². The number of aryl methyl sites for hydroxylation is 1. The molecule has 0 aromatic carbocycles. The van der Waals surface area contributed by atoms with Gasteiger partial charge in [-0.15, -0.1) is 0 Å². The fourth-order valence-electron chi connectivity index (χ4n) is 1.12. The molecule has 0 saturated carbocycles. The molecule has 0 aliphatic rings. The second-order valence-corrected chi connectivity index (χ2v) is 2.61. The number of rotatable bonds is 4. The minimum atomic E-state index is -0.367. The minimum absolute atomic E-state index is 0.0452. The van der Waals surface area contributed by atoms with Gasteiger partial charge in [-0.3, -0.25) is 4.39 Å². The summed E-state index contributed by atoms with van der Waals surface area (Å²) in [6.45, 7) is 0.169. The highest BCUT2D eigenvalue weighted by atomic mass is 19.1. The van der Waals surface area contributed by atoms with Gasteiger partial charge in [-0.05, 0) is 18.6 Å². The van der Waals surface area contributed by atoms with E-state index in [2.05, 4.69) is 5.16 Å². The molecule has 0 unspecified atom stereocenters. The Morgan fingerprint density at radius 2 is 2.46 bits per heavy atom.